The maximum Gasteiger partial charge on any atom is 0.193 e. The summed E-state index contributed by atoms with van der Waals surface area (Å²) in [6, 6.07) is 4.12. The first-order chi connectivity index (χ1) is 12.3. The van der Waals surface area contributed by atoms with Crippen LogP contribution in [0.2, 0.25) is 0 Å². The molecule has 3 rings (SSSR count). The van der Waals surface area contributed by atoms with Crippen molar-refractivity contribution in [3.63, 3.8) is 0 Å². The van der Waals surface area contributed by atoms with E-state index in [2.05, 4.69) is 38.2 Å². The van der Waals surface area contributed by atoms with Gasteiger partial charge in [0.15, 0.2) is 5.96 Å². The molecule has 2 fully saturated rings. The van der Waals surface area contributed by atoms with E-state index in [0.29, 0.717) is 12.5 Å². The van der Waals surface area contributed by atoms with Gasteiger partial charge in [-0.25, -0.2) is 4.98 Å². The van der Waals surface area contributed by atoms with Gasteiger partial charge in [-0.3, -0.25) is 4.99 Å². The molecule has 2 aliphatic heterocycles. The number of hydrogen-bond acceptors (Lipinski definition) is 5. The number of rotatable bonds is 5. The average molecular weight is 475 g/mol. The van der Waals surface area contributed by atoms with E-state index in [-0.39, 0.29) is 24.0 Å². The Balaban J connectivity index is 0.00000243. The number of guanidine groups is 1. The molecule has 2 saturated heterocycles. The quantitative estimate of drug-likeness (QED) is 0.397. The van der Waals surface area contributed by atoms with Crippen molar-refractivity contribution in [2.24, 2.45) is 10.9 Å². The summed E-state index contributed by atoms with van der Waals surface area (Å²) < 4.78 is 10.9. The summed E-state index contributed by atoms with van der Waals surface area (Å²) in [5.74, 6) is 2.54. The summed E-state index contributed by atoms with van der Waals surface area (Å²) in [5, 5.41) is 3.48. The van der Waals surface area contributed by atoms with Crippen molar-refractivity contribution < 1.29 is 9.47 Å². The monoisotopic (exact) mass is 475 g/mol. The molecule has 1 atom stereocenters. The van der Waals surface area contributed by atoms with Gasteiger partial charge in [-0.1, -0.05) is 6.07 Å². The lowest BCUT2D eigenvalue weighted by atomic mass is 10.1. The molecular weight excluding hydrogens is 445 g/mol. The standard InChI is InChI=1S/C18H29N5O2.HI/c1-19-18(22(2)13-15-5-9-25-14-15)21-12-16-4-3-6-20-17(16)23-7-10-24-11-8-23;/h3-4,6,15H,5,7-14H2,1-2H3,(H,19,21);1H. The SMILES string of the molecule is CN=C(NCc1cccnc1N1CCOCC1)N(C)CC1CCOC1.I. The minimum absolute atomic E-state index is 0. The third kappa shape index (κ3) is 5.68. The molecule has 1 N–H and O–H groups in total. The maximum atomic E-state index is 5.47. The predicted octanol–water partition coefficient (Wildman–Crippen LogP) is 1.58. The Bertz CT molecular complexity index is 574. The Morgan fingerprint density at radius 2 is 2.15 bits per heavy atom. The smallest absolute Gasteiger partial charge is 0.193 e. The van der Waals surface area contributed by atoms with Crippen LogP contribution in [0.5, 0.6) is 0 Å². The molecule has 0 spiro atoms. The fourth-order valence-electron chi connectivity index (χ4n) is 3.39. The summed E-state index contributed by atoms with van der Waals surface area (Å²) in [4.78, 5) is 13.5. The average Bonchev–Trinajstić information content (AvgIpc) is 3.16. The second-order valence-electron chi connectivity index (χ2n) is 6.60. The highest BCUT2D eigenvalue weighted by Gasteiger charge is 2.20. The molecule has 1 unspecified atom stereocenters. The normalized spacial score (nSPS) is 20.6. The van der Waals surface area contributed by atoms with E-state index < -0.39 is 0 Å². The maximum absolute atomic E-state index is 5.47. The Morgan fingerprint density at radius 1 is 1.35 bits per heavy atom. The molecule has 2 aliphatic rings. The molecule has 3 heterocycles. The number of ether oxygens (including phenoxy) is 2. The molecule has 146 valence electrons. The van der Waals surface area contributed by atoms with Crippen molar-refractivity contribution in [1.82, 2.24) is 15.2 Å². The van der Waals surface area contributed by atoms with Crippen LogP contribution in [0.25, 0.3) is 0 Å². The van der Waals surface area contributed by atoms with Crippen LogP contribution in [0.3, 0.4) is 0 Å². The second-order valence-corrected chi connectivity index (χ2v) is 6.60. The van der Waals surface area contributed by atoms with Crippen molar-refractivity contribution in [3.05, 3.63) is 23.9 Å². The molecule has 0 aliphatic carbocycles. The van der Waals surface area contributed by atoms with Gasteiger partial charge < -0.3 is 24.6 Å². The molecule has 0 radical (unpaired) electrons. The molecule has 1 aromatic heterocycles. The van der Waals surface area contributed by atoms with Gasteiger partial charge in [0.2, 0.25) is 0 Å². The van der Waals surface area contributed by atoms with Gasteiger partial charge in [-0.05, 0) is 12.5 Å². The van der Waals surface area contributed by atoms with Crippen LogP contribution in [0.1, 0.15) is 12.0 Å². The van der Waals surface area contributed by atoms with Crippen molar-refractivity contribution in [1.29, 1.82) is 0 Å². The lowest BCUT2D eigenvalue weighted by molar-refractivity contribution is 0.122. The minimum Gasteiger partial charge on any atom is -0.381 e. The number of halogens is 1. The molecule has 0 aromatic carbocycles. The Morgan fingerprint density at radius 3 is 2.85 bits per heavy atom. The third-order valence-electron chi connectivity index (χ3n) is 4.74. The third-order valence-corrected chi connectivity index (χ3v) is 4.74. The number of nitrogens with zero attached hydrogens (tertiary/aromatic N) is 4. The van der Waals surface area contributed by atoms with E-state index in [1.165, 1.54) is 5.56 Å². The number of aliphatic imine (C=N–C) groups is 1. The molecule has 0 saturated carbocycles. The van der Waals surface area contributed by atoms with Crippen LogP contribution in [-0.4, -0.2) is 76.0 Å². The number of pyridine rings is 1. The van der Waals surface area contributed by atoms with Crippen molar-refractivity contribution >= 4 is 35.8 Å². The van der Waals surface area contributed by atoms with Crippen LogP contribution in [0, 0.1) is 5.92 Å². The Kier molecular flexibility index (Phi) is 8.86. The van der Waals surface area contributed by atoms with Crippen LogP contribution in [0.4, 0.5) is 5.82 Å². The lowest BCUT2D eigenvalue weighted by Crippen LogP contribution is -2.42. The molecule has 0 amide bonds. The summed E-state index contributed by atoms with van der Waals surface area (Å²) in [6.07, 6.45) is 2.99. The van der Waals surface area contributed by atoms with E-state index in [1.54, 1.807) is 0 Å². The fraction of sp³-hybridized carbons (Fsp3) is 0.667. The number of hydrogen-bond donors (Lipinski definition) is 1. The zero-order valence-electron chi connectivity index (χ0n) is 15.7. The summed E-state index contributed by atoms with van der Waals surface area (Å²) >= 11 is 0. The van der Waals surface area contributed by atoms with Gasteiger partial charge in [-0.2, -0.15) is 0 Å². The zero-order chi connectivity index (χ0) is 17.5. The van der Waals surface area contributed by atoms with E-state index in [9.17, 15) is 0 Å². The first kappa shape index (κ1) is 21.2. The lowest BCUT2D eigenvalue weighted by Gasteiger charge is -2.30. The zero-order valence-corrected chi connectivity index (χ0v) is 18.0. The molecular formula is C18H30IN5O2. The number of anilines is 1. The van der Waals surface area contributed by atoms with Crippen molar-refractivity contribution in [3.8, 4) is 0 Å². The first-order valence-electron chi connectivity index (χ1n) is 9.04. The van der Waals surface area contributed by atoms with Crippen LogP contribution in [-0.2, 0) is 16.0 Å². The topological polar surface area (TPSA) is 62.2 Å². The van der Waals surface area contributed by atoms with Crippen molar-refractivity contribution in [2.75, 3.05) is 65.1 Å². The van der Waals surface area contributed by atoms with E-state index in [4.69, 9.17) is 9.47 Å². The van der Waals surface area contributed by atoms with Gasteiger partial charge in [0.1, 0.15) is 5.82 Å². The Hall–Kier alpha value is -1.13. The van der Waals surface area contributed by atoms with Crippen LogP contribution >= 0.6 is 24.0 Å². The van der Waals surface area contributed by atoms with Gasteiger partial charge in [0, 0.05) is 64.6 Å². The largest absolute Gasteiger partial charge is 0.381 e. The summed E-state index contributed by atoms with van der Waals surface area (Å²) in [7, 11) is 3.91. The Labute approximate surface area is 173 Å². The fourth-order valence-corrected chi connectivity index (χ4v) is 3.39. The molecule has 1 aromatic rings. The first-order valence-corrected chi connectivity index (χ1v) is 9.04. The van der Waals surface area contributed by atoms with Gasteiger partial charge in [0.05, 0.1) is 19.8 Å². The predicted molar refractivity (Wildman–Crippen MR) is 114 cm³/mol. The highest BCUT2D eigenvalue weighted by molar-refractivity contribution is 14.0. The van der Waals surface area contributed by atoms with Gasteiger partial charge in [-0.15, -0.1) is 24.0 Å². The summed E-state index contributed by atoms with van der Waals surface area (Å²) in [6.45, 7) is 6.70. The molecule has 8 heteroatoms. The molecule has 26 heavy (non-hydrogen) atoms. The molecule has 0 bridgehead atoms. The van der Waals surface area contributed by atoms with Crippen LogP contribution < -0.4 is 10.2 Å². The number of morpholine rings is 1. The minimum atomic E-state index is 0. The van der Waals surface area contributed by atoms with Crippen LogP contribution in [0.15, 0.2) is 23.3 Å². The van der Waals surface area contributed by atoms with Gasteiger partial charge >= 0.3 is 0 Å². The summed E-state index contributed by atoms with van der Waals surface area (Å²) in [5.41, 5.74) is 1.18. The second kappa shape index (κ2) is 10.9. The molecule has 7 nitrogen and oxygen atoms in total. The van der Waals surface area contributed by atoms with Crippen molar-refractivity contribution in [2.45, 2.75) is 13.0 Å². The highest BCUT2D eigenvalue weighted by atomic mass is 127. The van der Waals surface area contributed by atoms with E-state index in [0.717, 1.165) is 64.3 Å². The van der Waals surface area contributed by atoms with E-state index in [1.807, 2.05) is 19.3 Å². The number of aromatic nitrogens is 1. The highest BCUT2D eigenvalue weighted by Crippen LogP contribution is 2.18. The number of nitrogens with one attached hydrogen (secondary N) is 1. The van der Waals surface area contributed by atoms with Gasteiger partial charge in [0.25, 0.3) is 0 Å². The van der Waals surface area contributed by atoms with E-state index >= 15 is 0 Å².